The zero-order valence-corrected chi connectivity index (χ0v) is 12.1. The Labute approximate surface area is 117 Å². The lowest BCUT2D eigenvalue weighted by atomic mass is 9.87. The topological polar surface area (TPSA) is 45.5 Å². The molecule has 1 aliphatic heterocycles. The van der Waals surface area contributed by atoms with Gasteiger partial charge in [0.25, 0.3) is 0 Å². The van der Waals surface area contributed by atoms with Crippen LogP contribution in [0.3, 0.4) is 0 Å². The van der Waals surface area contributed by atoms with Crippen LogP contribution >= 0.6 is 27.7 Å². The smallest absolute Gasteiger partial charge is 0.218 e. The predicted molar refractivity (Wildman–Crippen MR) is 72.2 cm³/mol. The van der Waals surface area contributed by atoms with Crippen molar-refractivity contribution in [3.63, 3.8) is 0 Å². The molecule has 3 nitrogen and oxygen atoms in total. The van der Waals surface area contributed by atoms with Crippen molar-refractivity contribution in [1.29, 1.82) is 0 Å². The third-order valence-corrected chi connectivity index (χ3v) is 5.45. The number of aliphatic imine (C=N–C) groups is 1. The number of hydrogen-bond donors (Lipinski definition) is 1. The second-order valence-electron chi connectivity index (χ2n) is 4.92. The number of halogens is 2. The van der Waals surface area contributed by atoms with Gasteiger partial charge in [-0.2, -0.15) is 4.39 Å². The number of thioether (sulfide) groups is 1. The molecule has 0 spiro atoms. The SMILES string of the molecule is C[C@]1(c2cc(Br)cnc2F)N=[C]S[C@@]2(CO)C[C@H]21. The van der Waals surface area contributed by atoms with Gasteiger partial charge in [-0.05, 0) is 35.3 Å². The van der Waals surface area contributed by atoms with E-state index in [1.165, 1.54) is 18.0 Å². The van der Waals surface area contributed by atoms with E-state index in [1.54, 1.807) is 6.07 Å². The molecule has 0 unspecified atom stereocenters. The summed E-state index contributed by atoms with van der Waals surface area (Å²) in [5.74, 6) is -0.372. The van der Waals surface area contributed by atoms with Crippen LogP contribution in [0.1, 0.15) is 18.9 Å². The second kappa shape index (κ2) is 4.02. The number of aliphatic hydroxyl groups excluding tert-OH is 1. The van der Waals surface area contributed by atoms with Gasteiger partial charge in [-0.3, -0.25) is 4.99 Å². The fraction of sp³-hybridized carbons (Fsp3) is 0.500. The normalized spacial score (nSPS) is 37.4. The molecule has 1 aromatic heterocycles. The molecule has 2 heterocycles. The molecule has 1 aromatic rings. The molecule has 0 bridgehead atoms. The molecule has 1 N–H and O–H groups in total. The molecule has 0 saturated heterocycles. The van der Waals surface area contributed by atoms with E-state index >= 15 is 0 Å². The summed E-state index contributed by atoms with van der Waals surface area (Å²) in [7, 11) is 0. The molecule has 1 fully saturated rings. The summed E-state index contributed by atoms with van der Waals surface area (Å²) in [5, 5.41) is 9.47. The zero-order valence-electron chi connectivity index (χ0n) is 9.65. The van der Waals surface area contributed by atoms with Crippen molar-refractivity contribution in [2.75, 3.05) is 6.61 Å². The van der Waals surface area contributed by atoms with Gasteiger partial charge in [0.2, 0.25) is 5.95 Å². The summed E-state index contributed by atoms with van der Waals surface area (Å²) < 4.78 is 14.4. The van der Waals surface area contributed by atoms with E-state index in [-0.39, 0.29) is 17.3 Å². The van der Waals surface area contributed by atoms with Gasteiger partial charge in [-0.1, -0.05) is 11.8 Å². The lowest BCUT2D eigenvalue weighted by Gasteiger charge is -2.31. The number of aliphatic hydroxyl groups is 1. The van der Waals surface area contributed by atoms with Gasteiger partial charge in [0.1, 0.15) is 5.55 Å². The van der Waals surface area contributed by atoms with Crippen LogP contribution < -0.4 is 0 Å². The van der Waals surface area contributed by atoms with Crippen LogP contribution in [0.25, 0.3) is 0 Å². The van der Waals surface area contributed by atoms with Crippen LogP contribution in [0.15, 0.2) is 21.7 Å². The minimum Gasteiger partial charge on any atom is -0.395 e. The zero-order chi connectivity index (χ0) is 13.0. The van der Waals surface area contributed by atoms with Crippen LogP contribution in [-0.2, 0) is 5.54 Å². The summed E-state index contributed by atoms with van der Waals surface area (Å²) in [6, 6.07) is 1.71. The average molecular weight is 330 g/mol. The van der Waals surface area contributed by atoms with Crippen molar-refractivity contribution in [3.05, 3.63) is 28.2 Å². The van der Waals surface area contributed by atoms with Gasteiger partial charge in [0.05, 0.1) is 16.9 Å². The number of nitrogens with zero attached hydrogens (tertiary/aromatic N) is 2. The van der Waals surface area contributed by atoms with Crippen LogP contribution in [0.2, 0.25) is 0 Å². The summed E-state index contributed by atoms with van der Waals surface area (Å²) >= 11 is 4.73. The standard InChI is InChI=1S/C12H11BrFN2OS/c1-11(8-2-7(13)4-15-10(8)14)9-3-12(9,5-17)18-6-16-11/h2,4,9,17H,3,5H2,1H3/t9-,11+,12+/m0/s1. The summed E-state index contributed by atoms with van der Waals surface area (Å²) in [5.41, 5.74) is 2.65. The average Bonchev–Trinajstić information content (AvgIpc) is 3.09. The van der Waals surface area contributed by atoms with Crippen molar-refractivity contribution in [1.82, 2.24) is 4.98 Å². The van der Waals surface area contributed by atoms with Crippen molar-refractivity contribution >= 4 is 33.2 Å². The first-order chi connectivity index (χ1) is 8.52. The monoisotopic (exact) mass is 329 g/mol. The first-order valence-corrected chi connectivity index (χ1v) is 7.20. The van der Waals surface area contributed by atoms with Gasteiger partial charge in [0.15, 0.2) is 0 Å². The highest BCUT2D eigenvalue weighted by atomic mass is 79.9. The van der Waals surface area contributed by atoms with E-state index < -0.39 is 11.5 Å². The highest BCUT2D eigenvalue weighted by Crippen LogP contribution is 2.64. The molecule has 3 rings (SSSR count). The molecule has 6 heteroatoms. The van der Waals surface area contributed by atoms with Crippen molar-refractivity contribution in [2.24, 2.45) is 10.9 Å². The maximum atomic E-state index is 13.9. The molecular weight excluding hydrogens is 319 g/mol. The fourth-order valence-corrected chi connectivity index (χ4v) is 4.06. The predicted octanol–water partition coefficient (Wildman–Crippen LogP) is 2.60. The maximum Gasteiger partial charge on any atom is 0.218 e. The molecule has 18 heavy (non-hydrogen) atoms. The van der Waals surface area contributed by atoms with Gasteiger partial charge >= 0.3 is 0 Å². The Kier molecular flexibility index (Phi) is 2.80. The third kappa shape index (κ3) is 1.66. The van der Waals surface area contributed by atoms with E-state index in [2.05, 4.69) is 31.5 Å². The highest BCUT2D eigenvalue weighted by molar-refractivity contribution is 9.10. The van der Waals surface area contributed by atoms with E-state index in [4.69, 9.17) is 0 Å². The van der Waals surface area contributed by atoms with Crippen LogP contribution in [0.5, 0.6) is 0 Å². The van der Waals surface area contributed by atoms with Crippen molar-refractivity contribution < 1.29 is 9.50 Å². The molecule has 0 amide bonds. The van der Waals surface area contributed by atoms with Crippen molar-refractivity contribution in [3.8, 4) is 0 Å². The third-order valence-electron chi connectivity index (χ3n) is 3.85. The molecule has 1 saturated carbocycles. The van der Waals surface area contributed by atoms with E-state index in [9.17, 15) is 9.50 Å². The molecule has 2 aliphatic rings. The van der Waals surface area contributed by atoms with Gasteiger partial charge in [-0.15, -0.1) is 0 Å². The molecule has 1 aliphatic carbocycles. The Morgan fingerprint density at radius 3 is 3.22 bits per heavy atom. The van der Waals surface area contributed by atoms with Crippen LogP contribution in [-0.4, -0.2) is 27.0 Å². The van der Waals surface area contributed by atoms with Gasteiger partial charge in [0, 0.05) is 22.2 Å². The fourth-order valence-electron chi connectivity index (χ4n) is 2.63. The minimum absolute atomic E-state index is 0.0729. The molecular formula is C12H11BrFN2OS. The number of hydrogen-bond acceptors (Lipinski definition) is 4. The largest absolute Gasteiger partial charge is 0.395 e. The molecule has 3 atom stereocenters. The minimum atomic E-state index is -0.686. The van der Waals surface area contributed by atoms with Gasteiger partial charge < -0.3 is 5.11 Å². The maximum absolute atomic E-state index is 13.9. The Balaban J connectivity index is 2.08. The van der Waals surface area contributed by atoms with E-state index in [0.717, 1.165) is 10.9 Å². The molecule has 1 radical (unpaired) electrons. The lowest BCUT2D eigenvalue weighted by molar-refractivity contribution is 0.265. The number of rotatable bonds is 2. The quantitative estimate of drug-likeness (QED) is 0.848. The van der Waals surface area contributed by atoms with E-state index in [0.29, 0.717) is 5.56 Å². The molecule has 0 aromatic carbocycles. The Bertz CT molecular complexity index is 541. The Morgan fingerprint density at radius 2 is 2.50 bits per heavy atom. The highest BCUT2D eigenvalue weighted by Gasteiger charge is 2.65. The summed E-state index contributed by atoms with van der Waals surface area (Å²) in [4.78, 5) is 8.08. The number of aromatic nitrogens is 1. The lowest BCUT2D eigenvalue weighted by Crippen LogP contribution is -2.33. The summed E-state index contributed by atoms with van der Waals surface area (Å²) in [6.07, 6.45) is 2.26. The van der Waals surface area contributed by atoms with Crippen LogP contribution in [0, 0.1) is 11.9 Å². The Hall–Kier alpha value is -0.460. The first kappa shape index (κ1) is 12.6. The second-order valence-corrected chi connectivity index (χ2v) is 7.04. The first-order valence-electron chi connectivity index (χ1n) is 5.59. The van der Waals surface area contributed by atoms with Crippen molar-refractivity contribution in [2.45, 2.75) is 23.6 Å². The Morgan fingerprint density at radius 1 is 1.72 bits per heavy atom. The number of fused-ring (bicyclic) bond motifs is 1. The summed E-state index contributed by atoms with van der Waals surface area (Å²) in [6.45, 7) is 1.96. The van der Waals surface area contributed by atoms with Crippen LogP contribution in [0.4, 0.5) is 4.39 Å². The molecule has 95 valence electrons. The number of pyridine rings is 1. The van der Waals surface area contributed by atoms with E-state index in [1.807, 2.05) is 6.92 Å². The van der Waals surface area contributed by atoms with Gasteiger partial charge in [-0.25, -0.2) is 4.98 Å².